The van der Waals surface area contributed by atoms with E-state index >= 15 is 0 Å². The molecule has 0 radical (unpaired) electrons. The zero-order chi connectivity index (χ0) is 28.0. The van der Waals surface area contributed by atoms with Gasteiger partial charge in [-0.05, 0) is 30.6 Å². The van der Waals surface area contributed by atoms with Crippen LogP contribution in [0.5, 0.6) is 0 Å². The van der Waals surface area contributed by atoms with Crippen molar-refractivity contribution in [2.24, 2.45) is 0 Å². The zero-order valence-electron chi connectivity index (χ0n) is 22.8. The number of hydrogen-bond donors (Lipinski definition) is 2. The number of ether oxygens (including phenoxy) is 2. The van der Waals surface area contributed by atoms with E-state index in [0.717, 1.165) is 0 Å². The molecular weight excluding hydrogens is 521 g/mol. The van der Waals surface area contributed by atoms with Crippen molar-refractivity contribution in [3.63, 3.8) is 0 Å². The Morgan fingerprint density at radius 2 is 1.89 bits per heavy atom. The van der Waals surface area contributed by atoms with Crippen LogP contribution in [0.3, 0.4) is 0 Å². The minimum atomic E-state index is -3.51. The second-order valence-electron chi connectivity index (χ2n) is 10.3. The van der Waals surface area contributed by atoms with Gasteiger partial charge < -0.3 is 28.3 Å². The van der Waals surface area contributed by atoms with Gasteiger partial charge in [0, 0.05) is 52.4 Å². The lowest BCUT2D eigenvalue weighted by Crippen LogP contribution is -2.50. The summed E-state index contributed by atoms with van der Waals surface area (Å²) in [4.78, 5) is 37.8. The third kappa shape index (κ3) is 8.31. The maximum Gasteiger partial charge on any atom is 0.353 e. The zero-order valence-corrected chi connectivity index (χ0v) is 24.7. The fourth-order valence-corrected chi connectivity index (χ4v) is 5.52. The van der Waals surface area contributed by atoms with Crippen LogP contribution in [0.25, 0.3) is 0 Å². The minimum absolute atomic E-state index is 0.146. The molecule has 4 atom stereocenters. The Balaban J connectivity index is 2.51. The Morgan fingerprint density at radius 3 is 2.43 bits per heavy atom. The highest BCUT2D eigenvalue weighted by molar-refractivity contribution is 7.57. The summed E-state index contributed by atoms with van der Waals surface area (Å²) < 4.78 is 43.2. The van der Waals surface area contributed by atoms with E-state index in [9.17, 15) is 18.9 Å². The summed E-state index contributed by atoms with van der Waals surface area (Å²) in [6, 6.07) is 1.22. The number of hydrogen-bond acceptors (Lipinski definition) is 9. The number of amides is 1. The monoisotopic (exact) mass is 561 g/mol. The van der Waals surface area contributed by atoms with Crippen LogP contribution < -0.4 is 16.6 Å². The number of H-pyrrole nitrogens is 1. The molecule has 1 aliphatic heterocycles. The topological polar surface area (TPSA) is 147 Å². The molecule has 1 aromatic rings. The molecular formula is C23H40N3O9PSi. The van der Waals surface area contributed by atoms with Gasteiger partial charge in [0.25, 0.3) is 5.56 Å². The average molecular weight is 562 g/mol. The van der Waals surface area contributed by atoms with Crippen molar-refractivity contribution < 1.29 is 32.3 Å². The van der Waals surface area contributed by atoms with E-state index in [1.807, 2.05) is 0 Å². The van der Waals surface area contributed by atoms with E-state index in [4.69, 9.17) is 22.9 Å². The van der Waals surface area contributed by atoms with E-state index in [0.29, 0.717) is 13.0 Å². The molecule has 1 aromatic heterocycles. The minimum Gasteiger partial charge on any atom is -0.408 e. The van der Waals surface area contributed by atoms with Gasteiger partial charge in [-0.1, -0.05) is 20.8 Å². The van der Waals surface area contributed by atoms with Crippen molar-refractivity contribution in [3.8, 4) is 0 Å². The Morgan fingerprint density at radius 1 is 1.24 bits per heavy atom. The molecule has 1 fully saturated rings. The fraction of sp³-hybridized carbons (Fsp3) is 0.696. The van der Waals surface area contributed by atoms with Crippen LogP contribution in [0.4, 0.5) is 0 Å². The summed E-state index contributed by atoms with van der Waals surface area (Å²) in [5.41, 5.74) is -1.21. The van der Waals surface area contributed by atoms with E-state index in [2.05, 4.69) is 44.2 Å². The second kappa shape index (κ2) is 12.8. The predicted molar refractivity (Wildman–Crippen MR) is 141 cm³/mol. The highest BCUT2D eigenvalue weighted by atomic mass is 31.2. The first-order chi connectivity index (χ1) is 17.1. The van der Waals surface area contributed by atoms with Crippen LogP contribution in [-0.4, -0.2) is 69.5 Å². The van der Waals surface area contributed by atoms with Crippen molar-refractivity contribution in [3.05, 3.63) is 45.0 Å². The molecule has 1 unspecified atom stereocenters. The van der Waals surface area contributed by atoms with Crippen molar-refractivity contribution >= 4 is 21.8 Å². The summed E-state index contributed by atoms with van der Waals surface area (Å²) in [6.45, 7) is 12.5. The van der Waals surface area contributed by atoms with Gasteiger partial charge in [0.15, 0.2) is 14.5 Å². The van der Waals surface area contributed by atoms with Gasteiger partial charge in [-0.3, -0.25) is 23.7 Å². The predicted octanol–water partition coefficient (Wildman–Crippen LogP) is 2.74. The largest absolute Gasteiger partial charge is 0.408 e. The molecule has 2 heterocycles. The Hall–Kier alpha value is -1.86. The molecule has 210 valence electrons. The molecule has 0 aromatic carbocycles. The van der Waals surface area contributed by atoms with Gasteiger partial charge >= 0.3 is 13.3 Å². The number of aromatic nitrogens is 2. The lowest BCUT2D eigenvalue weighted by atomic mass is 10.1. The molecule has 1 saturated heterocycles. The fourth-order valence-electron chi connectivity index (χ4n) is 3.44. The first-order valence-corrected chi connectivity index (χ1v) is 16.6. The molecule has 1 aliphatic rings. The molecule has 12 nitrogen and oxygen atoms in total. The van der Waals surface area contributed by atoms with Gasteiger partial charge in [-0.15, -0.1) is 0 Å². The third-order valence-corrected chi connectivity index (χ3v) is 12.6. The van der Waals surface area contributed by atoms with Crippen molar-refractivity contribution in [1.29, 1.82) is 0 Å². The Kier molecular flexibility index (Phi) is 10.8. The number of rotatable bonds is 12. The van der Waals surface area contributed by atoms with Crippen LogP contribution in [-0.2, 0) is 32.3 Å². The quantitative estimate of drug-likeness (QED) is 0.223. The van der Waals surface area contributed by atoms with Crippen LogP contribution >= 0.6 is 7.60 Å². The van der Waals surface area contributed by atoms with E-state index in [-0.39, 0.29) is 17.6 Å². The summed E-state index contributed by atoms with van der Waals surface area (Å²) in [5.74, 6) is 1.15. The van der Waals surface area contributed by atoms with Gasteiger partial charge in [0.1, 0.15) is 18.3 Å². The van der Waals surface area contributed by atoms with E-state index in [1.165, 1.54) is 49.9 Å². The summed E-state index contributed by atoms with van der Waals surface area (Å²) in [7, 11) is -3.36. The molecule has 2 rings (SSSR count). The van der Waals surface area contributed by atoms with Gasteiger partial charge in [0.05, 0.1) is 0 Å². The van der Waals surface area contributed by atoms with Gasteiger partial charge in [-0.25, -0.2) is 4.79 Å². The molecule has 0 bridgehead atoms. The van der Waals surface area contributed by atoms with E-state index in [1.54, 1.807) is 0 Å². The lowest BCUT2D eigenvalue weighted by Gasteiger charge is -2.40. The number of aromatic amines is 1. The molecule has 2 N–H and O–H groups in total. The first kappa shape index (κ1) is 31.4. The number of carbonyl (C=O) groups is 1. The standard InChI is InChI=1S/C23H40N3O9PSi/c1-16(27)24-12-9-14-33-20-19(35-37(7,8)23(2,3)4)17(11-15-36(30,31-5)32-6)34-21(20)26-13-10-18(28)25-22(26)29/h10-11,13,15,17,19-21H,9,12,14H2,1-8H3,(H,24,27)(H,25,28,29)/b15-11+/t17-,19?,20-,21-/m1/s1. The highest BCUT2D eigenvalue weighted by Gasteiger charge is 2.51. The third-order valence-electron chi connectivity index (χ3n) is 6.56. The number of nitrogens with one attached hydrogen (secondary N) is 2. The van der Waals surface area contributed by atoms with E-state index < -0.39 is 51.7 Å². The molecule has 0 aliphatic carbocycles. The van der Waals surface area contributed by atoms with Crippen molar-refractivity contribution in [1.82, 2.24) is 14.9 Å². The van der Waals surface area contributed by atoms with Gasteiger partial charge in [0.2, 0.25) is 5.91 Å². The molecule has 0 saturated carbocycles. The Bertz CT molecular complexity index is 1100. The number of nitrogens with zero attached hydrogens (tertiary/aromatic N) is 1. The van der Waals surface area contributed by atoms with Crippen LogP contribution in [0.15, 0.2) is 33.7 Å². The smallest absolute Gasteiger partial charge is 0.353 e. The maximum atomic E-state index is 12.7. The molecule has 14 heteroatoms. The SMILES string of the molecule is COP(=O)(/C=C/[C@H]1O[C@@H](n2ccc(=O)[nH]c2=O)[C@H](OCCCNC(C)=O)C1O[Si](C)(C)C(C)(C)C)OC. The number of carbonyl (C=O) groups excluding carboxylic acids is 1. The average Bonchev–Trinajstić information content (AvgIpc) is 3.12. The Labute approximate surface area is 218 Å². The highest BCUT2D eigenvalue weighted by Crippen LogP contribution is 2.49. The summed E-state index contributed by atoms with van der Waals surface area (Å²) in [5, 5.41) is 2.56. The molecule has 0 spiro atoms. The molecule has 1 amide bonds. The van der Waals surface area contributed by atoms with Crippen molar-refractivity contribution in [2.45, 2.75) is 76.8 Å². The lowest BCUT2D eigenvalue weighted by molar-refractivity contribution is -0.119. The van der Waals surface area contributed by atoms with Crippen LogP contribution in [0.1, 0.15) is 40.3 Å². The van der Waals surface area contributed by atoms with Crippen LogP contribution in [0.2, 0.25) is 18.1 Å². The summed E-state index contributed by atoms with van der Waals surface area (Å²) in [6.07, 6.45) is 0.188. The molecule has 37 heavy (non-hydrogen) atoms. The summed E-state index contributed by atoms with van der Waals surface area (Å²) >= 11 is 0. The second-order valence-corrected chi connectivity index (χ2v) is 17.1. The maximum absolute atomic E-state index is 12.7. The van der Waals surface area contributed by atoms with Crippen LogP contribution in [0, 0.1) is 0 Å². The first-order valence-electron chi connectivity index (χ1n) is 12.1. The van der Waals surface area contributed by atoms with Gasteiger partial charge in [-0.2, -0.15) is 0 Å². The normalized spacial score (nSPS) is 23.0. The van der Waals surface area contributed by atoms with Crippen molar-refractivity contribution in [2.75, 3.05) is 27.4 Å².